The number of hydrogen-bond donors (Lipinski definition) is 1. The lowest BCUT2D eigenvalue weighted by molar-refractivity contribution is 0.204. The monoisotopic (exact) mass is 274 g/mol. The van der Waals surface area contributed by atoms with E-state index in [1.807, 2.05) is 0 Å². The van der Waals surface area contributed by atoms with Gasteiger partial charge >= 0.3 is 0 Å². The van der Waals surface area contributed by atoms with Gasteiger partial charge in [-0.1, -0.05) is 45.0 Å². The first-order valence-corrected chi connectivity index (χ1v) is 7.98. The van der Waals surface area contributed by atoms with Crippen LogP contribution < -0.4 is 5.32 Å². The standard InChI is InChI=1S/C18H30N2/c1-18(2,3)16-7-5-6-15(14-16)8-11-20-12-9-17(19-4)10-13-20/h5-7,14,17,19H,8-13H2,1-4H3. The minimum absolute atomic E-state index is 0.251. The van der Waals surface area contributed by atoms with Gasteiger partial charge in [0.05, 0.1) is 0 Å². The van der Waals surface area contributed by atoms with Gasteiger partial charge in [0.2, 0.25) is 0 Å². The molecule has 0 radical (unpaired) electrons. The van der Waals surface area contributed by atoms with Gasteiger partial charge in [-0.3, -0.25) is 0 Å². The van der Waals surface area contributed by atoms with E-state index >= 15 is 0 Å². The number of hydrogen-bond acceptors (Lipinski definition) is 2. The van der Waals surface area contributed by atoms with Crippen LogP contribution in [-0.2, 0) is 11.8 Å². The van der Waals surface area contributed by atoms with Gasteiger partial charge in [-0.15, -0.1) is 0 Å². The van der Waals surface area contributed by atoms with Gasteiger partial charge in [0.15, 0.2) is 0 Å². The van der Waals surface area contributed by atoms with Crippen molar-refractivity contribution in [2.75, 3.05) is 26.7 Å². The van der Waals surface area contributed by atoms with Crippen LogP contribution in [0.2, 0.25) is 0 Å². The molecule has 0 aliphatic carbocycles. The van der Waals surface area contributed by atoms with Crippen molar-refractivity contribution in [2.45, 2.75) is 51.5 Å². The molecule has 1 aromatic rings. The zero-order chi connectivity index (χ0) is 14.6. The number of benzene rings is 1. The zero-order valence-electron chi connectivity index (χ0n) is 13.6. The molecule has 1 aliphatic heterocycles. The molecule has 0 spiro atoms. The SMILES string of the molecule is CNC1CCN(CCc2cccc(C(C)(C)C)c2)CC1. The van der Waals surface area contributed by atoms with E-state index in [0.29, 0.717) is 0 Å². The van der Waals surface area contributed by atoms with E-state index in [1.165, 1.54) is 50.0 Å². The molecule has 0 saturated carbocycles. The van der Waals surface area contributed by atoms with E-state index in [0.717, 1.165) is 6.04 Å². The second kappa shape index (κ2) is 6.73. The van der Waals surface area contributed by atoms with Gasteiger partial charge < -0.3 is 10.2 Å². The second-order valence-corrected chi connectivity index (χ2v) is 7.10. The molecule has 0 unspecified atom stereocenters. The van der Waals surface area contributed by atoms with Gasteiger partial charge in [-0.05, 0) is 55.9 Å². The Kier molecular flexibility index (Phi) is 5.22. The third-order valence-corrected chi connectivity index (χ3v) is 4.51. The van der Waals surface area contributed by atoms with Crippen molar-refractivity contribution in [3.63, 3.8) is 0 Å². The molecule has 0 amide bonds. The summed E-state index contributed by atoms with van der Waals surface area (Å²) in [4.78, 5) is 2.61. The normalized spacial score (nSPS) is 18.4. The summed E-state index contributed by atoms with van der Waals surface area (Å²) < 4.78 is 0. The first-order chi connectivity index (χ1) is 9.49. The molecular formula is C18H30N2. The molecule has 1 saturated heterocycles. The van der Waals surface area contributed by atoms with Crippen LogP contribution in [0.4, 0.5) is 0 Å². The van der Waals surface area contributed by atoms with E-state index in [2.05, 4.69) is 62.3 Å². The molecule has 20 heavy (non-hydrogen) atoms. The molecule has 1 N–H and O–H groups in total. The van der Waals surface area contributed by atoms with Crippen LogP contribution in [0, 0.1) is 0 Å². The van der Waals surface area contributed by atoms with Gasteiger partial charge in [0.25, 0.3) is 0 Å². The second-order valence-electron chi connectivity index (χ2n) is 7.10. The first kappa shape index (κ1) is 15.5. The Morgan fingerprint density at radius 3 is 2.50 bits per heavy atom. The molecule has 112 valence electrons. The molecule has 0 atom stereocenters. The van der Waals surface area contributed by atoms with Crippen LogP contribution in [0.5, 0.6) is 0 Å². The highest BCUT2D eigenvalue weighted by Crippen LogP contribution is 2.23. The van der Waals surface area contributed by atoms with Crippen LogP contribution in [0.25, 0.3) is 0 Å². The van der Waals surface area contributed by atoms with Crippen molar-refractivity contribution in [3.8, 4) is 0 Å². The molecule has 0 bridgehead atoms. The number of likely N-dealkylation sites (tertiary alicyclic amines) is 1. The van der Waals surface area contributed by atoms with Crippen molar-refractivity contribution in [1.29, 1.82) is 0 Å². The predicted octanol–water partition coefficient (Wildman–Crippen LogP) is 3.21. The summed E-state index contributed by atoms with van der Waals surface area (Å²) in [6.45, 7) is 10.5. The maximum absolute atomic E-state index is 3.40. The summed E-state index contributed by atoms with van der Waals surface area (Å²) >= 11 is 0. The largest absolute Gasteiger partial charge is 0.317 e. The molecule has 1 heterocycles. The first-order valence-electron chi connectivity index (χ1n) is 7.98. The van der Waals surface area contributed by atoms with Gasteiger partial charge in [-0.25, -0.2) is 0 Å². The fourth-order valence-electron chi connectivity index (χ4n) is 2.93. The number of nitrogens with zero attached hydrogens (tertiary/aromatic N) is 1. The fourth-order valence-corrected chi connectivity index (χ4v) is 2.93. The molecule has 2 nitrogen and oxygen atoms in total. The highest BCUT2D eigenvalue weighted by molar-refractivity contribution is 5.28. The molecule has 1 fully saturated rings. The number of rotatable bonds is 4. The van der Waals surface area contributed by atoms with Crippen LogP contribution in [-0.4, -0.2) is 37.6 Å². The Balaban J connectivity index is 1.85. The average molecular weight is 274 g/mol. The molecule has 1 aromatic carbocycles. The Morgan fingerprint density at radius 1 is 1.20 bits per heavy atom. The van der Waals surface area contributed by atoms with E-state index < -0.39 is 0 Å². The van der Waals surface area contributed by atoms with Crippen LogP contribution in [0.3, 0.4) is 0 Å². The number of nitrogens with one attached hydrogen (secondary N) is 1. The van der Waals surface area contributed by atoms with Crippen molar-refractivity contribution in [3.05, 3.63) is 35.4 Å². The summed E-state index contributed by atoms with van der Waals surface area (Å²) in [6, 6.07) is 9.86. The molecule has 2 rings (SSSR count). The van der Waals surface area contributed by atoms with Gasteiger partial charge in [0.1, 0.15) is 0 Å². The van der Waals surface area contributed by atoms with Crippen molar-refractivity contribution in [2.24, 2.45) is 0 Å². The highest BCUT2D eigenvalue weighted by Gasteiger charge is 2.17. The third kappa shape index (κ3) is 4.32. The molecule has 0 aromatic heterocycles. The summed E-state index contributed by atoms with van der Waals surface area (Å²) in [5, 5.41) is 3.40. The lowest BCUT2D eigenvalue weighted by Crippen LogP contribution is -2.41. The van der Waals surface area contributed by atoms with E-state index in [-0.39, 0.29) is 5.41 Å². The lowest BCUT2D eigenvalue weighted by Gasteiger charge is -2.31. The maximum Gasteiger partial charge on any atom is 0.00884 e. The van der Waals surface area contributed by atoms with Gasteiger partial charge in [-0.2, -0.15) is 0 Å². The Morgan fingerprint density at radius 2 is 1.90 bits per heavy atom. The quantitative estimate of drug-likeness (QED) is 0.907. The maximum atomic E-state index is 3.40. The predicted molar refractivity (Wildman–Crippen MR) is 87.4 cm³/mol. The minimum atomic E-state index is 0.251. The minimum Gasteiger partial charge on any atom is -0.317 e. The summed E-state index contributed by atoms with van der Waals surface area (Å²) in [7, 11) is 2.08. The van der Waals surface area contributed by atoms with E-state index in [4.69, 9.17) is 0 Å². The van der Waals surface area contributed by atoms with Crippen molar-refractivity contribution in [1.82, 2.24) is 10.2 Å². The topological polar surface area (TPSA) is 15.3 Å². The Hall–Kier alpha value is -0.860. The summed E-state index contributed by atoms with van der Waals surface area (Å²) in [5.74, 6) is 0. The summed E-state index contributed by atoms with van der Waals surface area (Å²) in [5.41, 5.74) is 3.18. The number of piperidine rings is 1. The zero-order valence-corrected chi connectivity index (χ0v) is 13.6. The Labute approximate surface area is 124 Å². The highest BCUT2D eigenvalue weighted by atomic mass is 15.1. The smallest absolute Gasteiger partial charge is 0.00884 e. The third-order valence-electron chi connectivity index (χ3n) is 4.51. The van der Waals surface area contributed by atoms with E-state index in [9.17, 15) is 0 Å². The molecule has 2 heteroatoms. The average Bonchev–Trinajstić information content (AvgIpc) is 2.45. The lowest BCUT2D eigenvalue weighted by atomic mass is 9.86. The van der Waals surface area contributed by atoms with Crippen molar-refractivity contribution >= 4 is 0 Å². The fraction of sp³-hybridized carbons (Fsp3) is 0.667. The molecule has 1 aliphatic rings. The van der Waals surface area contributed by atoms with Gasteiger partial charge in [0, 0.05) is 12.6 Å². The van der Waals surface area contributed by atoms with E-state index in [1.54, 1.807) is 0 Å². The van der Waals surface area contributed by atoms with Crippen molar-refractivity contribution < 1.29 is 0 Å². The van der Waals surface area contributed by atoms with Crippen LogP contribution in [0.1, 0.15) is 44.7 Å². The molecular weight excluding hydrogens is 244 g/mol. The Bertz CT molecular complexity index is 412. The summed E-state index contributed by atoms with van der Waals surface area (Å²) in [6.07, 6.45) is 3.76. The van der Waals surface area contributed by atoms with Crippen LogP contribution in [0.15, 0.2) is 24.3 Å². The van der Waals surface area contributed by atoms with Crippen LogP contribution >= 0.6 is 0 Å².